The maximum Gasteiger partial charge on any atom is 0.305 e. The summed E-state index contributed by atoms with van der Waals surface area (Å²) in [4.78, 5) is 24.2. The standard InChI is InChI=1S/C20H21NO4/c1-13-6-2-3-7-14(13)17(12-19(22)23)21-20(24)16-10-11-25-18-9-5-4-8-15(16)18/h2-9,16-17H,10-12H2,1H3,(H,21,24)(H,22,23)/t16-,17-/m1/s1. The van der Waals surface area contributed by atoms with Crippen LogP contribution in [-0.4, -0.2) is 23.6 Å². The molecular weight excluding hydrogens is 318 g/mol. The molecule has 1 heterocycles. The quantitative estimate of drug-likeness (QED) is 0.877. The molecular formula is C20H21NO4. The van der Waals surface area contributed by atoms with Gasteiger partial charge in [0, 0.05) is 5.56 Å². The third-order valence-electron chi connectivity index (χ3n) is 4.53. The van der Waals surface area contributed by atoms with Crippen molar-refractivity contribution in [2.75, 3.05) is 6.61 Å². The van der Waals surface area contributed by atoms with Gasteiger partial charge in [-0.15, -0.1) is 0 Å². The predicted octanol–water partition coefficient (Wildman–Crippen LogP) is 3.19. The highest BCUT2D eigenvalue weighted by Gasteiger charge is 2.30. The number of fused-ring (bicyclic) bond motifs is 1. The molecule has 0 bridgehead atoms. The second-order valence-corrected chi connectivity index (χ2v) is 6.24. The number of nitrogens with one attached hydrogen (secondary N) is 1. The zero-order valence-corrected chi connectivity index (χ0v) is 14.1. The van der Waals surface area contributed by atoms with Gasteiger partial charge in [0.25, 0.3) is 0 Å². The van der Waals surface area contributed by atoms with Gasteiger partial charge in [-0.2, -0.15) is 0 Å². The molecule has 130 valence electrons. The van der Waals surface area contributed by atoms with E-state index in [0.29, 0.717) is 13.0 Å². The van der Waals surface area contributed by atoms with E-state index < -0.39 is 12.0 Å². The molecule has 0 saturated carbocycles. The predicted molar refractivity (Wildman–Crippen MR) is 93.6 cm³/mol. The Hall–Kier alpha value is -2.82. The van der Waals surface area contributed by atoms with Crippen molar-refractivity contribution in [1.29, 1.82) is 0 Å². The van der Waals surface area contributed by atoms with Gasteiger partial charge in [0.1, 0.15) is 5.75 Å². The number of carboxylic acids is 1. The molecule has 0 radical (unpaired) electrons. The van der Waals surface area contributed by atoms with E-state index in [1.54, 1.807) is 0 Å². The van der Waals surface area contributed by atoms with Crippen molar-refractivity contribution in [1.82, 2.24) is 5.32 Å². The van der Waals surface area contributed by atoms with Crippen LogP contribution < -0.4 is 10.1 Å². The van der Waals surface area contributed by atoms with Crippen molar-refractivity contribution < 1.29 is 19.4 Å². The van der Waals surface area contributed by atoms with E-state index in [4.69, 9.17) is 4.74 Å². The highest BCUT2D eigenvalue weighted by atomic mass is 16.5. The Morgan fingerprint density at radius 3 is 2.68 bits per heavy atom. The number of hydrogen-bond donors (Lipinski definition) is 2. The van der Waals surface area contributed by atoms with Crippen LogP contribution in [0.5, 0.6) is 5.75 Å². The topological polar surface area (TPSA) is 75.6 Å². The van der Waals surface area contributed by atoms with E-state index in [-0.39, 0.29) is 18.2 Å². The van der Waals surface area contributed by atoms with E-state index in [1.807, 2.05) is 55.5 Å². The second kappa shape index (κ2) is 7.38. The van der Waals surface area contributed by atoms with Crippen molar-refractivity contribution in [3.63, 3.8) is 0 Å². The number of rotatable bonds is 5. The summed E-state index contributed by atoms with van der Waals surface area (Å²) in [6, 6.07) is 14.5. The molecule has 0 spiro atoms. The van der Waals surface area contributed by atoms with Gasteiger partial charge in [0.2, 0.25) is 5.91 Å². The number of amides is 1. The molecule has 0 unspecified atom stereocenters. The molecule has 1 aliphatic rings. The summed E-state index contributed by atoms with van der Waals surface area (Å²) in [6.07, 6.45) is 0.428. The summed E-state index contributed by atoms with van der Waals surface area (Å²) >= 11 is 0. The Kier molecular flexibility index (Phi) is 5.03. The number of benzene rings is 2. The molecule has 1 amide bonds. The monoisotopic (exact) mass is 339 g/mol. The zero-order chi connectivity index (χ0) is 17.8. The molecule has 2 atom stereocenters. The summed E-state index contributed by atoms with van der Waals surface area (Å²) < 4.78 is 5.60. The largest absolute Gasteiger partial charge is 0.493 e. The minimum atomic E-state index is -0.944. The minimum absolute atomic E-state index is 0.151. The molecule has 1 aliphatic heterocycles. The average Bonchev–Trinajstić information content (AvgIpc) is 2.60. The van der Waals surface area contributed by atoms with Gasteiger partial charge < -0.3 is 15.2 Å². The molecule has 0 saturated heterocycles. The van der Waals surface area contributed by atoms with Crippen molar-refractivity contribution in [3.8, 4) is 5.75 Å². The summed E-state index contributed by atoms with van der Waals surface area (Å²) in [5.74, 6) is -0.712. The normalized spacial score (nSPS) is 17.1. The lowest BCUT2D eigenvalue weighted by molar-refractivity contribution is -0.137. The molecule has 0 fully saturated rings. The van der Waals surface area contributed by atoms with Crippen LogP contribution in [0.3, 0.4) is 0 Å². The van der Waals surface area contributed by atoms with E-state index >= 15 is 0 Å². The number of para-hydroxylation sites is 1. The average molecular weight is 339 g/mol. The van der Waals surface area contributed by atoms with Gasteiger partial charge in [-0.3, -0.25) is 9.59 Å². The lowest BCUT2D eigenvalue weighted by Gasteiger charge is -2.27. The van der Waals surface area contributed by atoms with E-state index in [1.165, 1.54) is 0 Å². The first-order chi connectivity index (χ1) is 12.1. The fourth-order valence-electron chi connectivity index (χ4n) is 3.28. The maximum atomic E-state index is 12.9. The number of carboxylic acid groups (broad SMARTS) is 1. The van der Waals surface area contributed by atoms with Gasteiger partial charge >= 0.3 is 5.97 Å². The number of aliphatic carboxylic acids is 1. The number of carbonyl (C=O) groups is 2. The van der Waals surface area contributed by atoms with Gasteiger partial charge in [-0.25, -0.2) is 0 Å². The fourth-order valence-corrected chi connectivity index (χ4v) is 3.28. The Labute approximate surface area is 146 Å². The fraction of sp³-hybridized carbons (Fsp3) is 0.300. The number of hydrogen-bond acceptors (Lipinski definition) is 3. The summed E-state index contributed by atoms with van der Waals surface area (Å²) in [6.45, 7) is 2.39. The minimum Gasteiger partial charge on any atom is -0.493 e. The van der Waals surface area contributed by atoms with E-state index in [9.17, 15) is 14.7 Å². The van der Waals surface area contributed by atoms with E-state index in [0.717, 1.165) is 22.4 Å². The summed E-state index contributed by atoms with van der Waals surface area (Å²) in [5.41, 5.74) is 2.64. The number of aryl methyl sites for hydroxylation is 1. The third-order valence-corrected chi connectivity index (χ3v) is 4.53. The van der Waals surface area contributed by atoms with Crippen LogP contribution in [0, 0.1) is 6.92 Å². The SMILES string of the molecule is Cc1ccccc1[C@@H](CC(=O)O)NC(=O)[C@@H]1CCOc2ccccc21. The van der Waals surface area contributed by atoms with Crippen LogP contribution in [0.15, 0.2) is 48.5 Å². The second-order valence-electron chi connectivity index (χ2n) is 6.24. The first-order valence-corrected chi connectivity index (χ1v) is 8.35. The molecule has 0 aromatic heterocycles. The molecule has 5 nitrogen and oxygen atoms in total. The first kappa shape index (κ1) is 17.0. The van der Waals surface area contributed by atoms with Crippen LogP contribution >= 0.6 is 0 Å². The lowest BCUT2D eigenvalue weighted by Crippen LogP contribution is -2.36. The van der Waals surface area contributed by atoms with E-state index in [2.05, 4.69) is 5.32 Å². The maximum absolute atomic E-state index is 12.9. The molecule has 3 rings (SSSR count). The van der Waals surface area contributed by atoms with Gasteiger partial charge in [-0.1, -0.05) is 42.5 Å². The molecule has 2 aromatic rings. The smallest absolute Gasteiger partial charge is 0.305 e. The first-order valence-electron chi connectivity index (χ1n) is 8.35. The highest BCUT2D eigenvalue weighted by molar-refractivity contribution is 5.85. The van der Waals surface area contributed by atoms with Crippen molar-refractivity contribution >= 4 is 11.9 Å². The van der Waals surface area contributed by atoms with Crippen molar-refractivity contribution in [3.05, 3.63) is 65.2 Å². The van der Waals surface area contributed by atoms with Crippen LogP contribution in [0.1, 0.15) is 41.5 Å². The van der Waals surface area contributed by atoms with Crippen LogP contribution in [0.4, 0.5) is 0 Å². The Bertz CT molecular complexity index is 787. The van der Waals surface area contributed by atoms with Gasteiger partial charge in [0.15, 0.2) is 0 Å². The van der Waals surface area contributed by atoms with Crippen LogP contribution in [-0.2, 0) is 9.59 Å². The van der Waals surface area contributed by atoms with Gasteiger partial charge in [0.05, 0.1) is 25.0 Å². The Balaban J connectivity index is 1.84. The van der Waals surface area contributed by atoms with Crippen LogP contribution in [0.25, 0.3) is 0 Å². The zero-order valence-electron chi connectivity index (χ0n) is 14.1. The third kappa shape index (κ3) is 3.82. The molecule has 5 heteroatoms. The molecule has 0 aliphatic carbocycles. The Morgan fingerprint density at radius 2 is 1.92 bits per heavy atom. The van der Waals surface area contributed by atoms with Crippen LogP contribution in [0.2, 0.25) is 0 Å². The number of carbonyl (C=O) groups excluding carboxylic acids is 1. The van der Waals surface area contributed by atoms with Crippen molar-refractivity contribution in [2.45, 2.75) is 31.7 Å². The lowest BCUT2D eigenvalue weighted by atomic mass is 9.91. The molecule has 25 heavy (non-hydrogen) atoms. The van der Waals surface area contributed by atoms with Gasteiger partial charge in [-0.05, 0) is 30.5 Å². The molecule has 2 N–H and O–H groups in total. The summed E-state index contributed by atoms with van der Waals surface area (Å²) in [7, 11) is 0. The highest BCUT2D eigenvalue weighted by Crippen LogP contribution is 2.34. The number of ether oxygens (including phenoxy) is 1. The Morgan fingerprint density at radius 1 is 1.20 bits per heavy atom. The summed E-state index contributed by atoms with van der Waals surface area (Å²) in [5, 5.41) is 12.2. The van der Waals surface area contributed by atoms with Crippen molar-refractivity contribution in [2.24, 2.45) is 0 Å². The molecule has 2 aromatic carbocycles.